The van der Waals surface area contributed by atoms with Gasteiger partial charge in [0.05, 0.1) is 12.3 Å². The maximum atomic E-state index is 13.8. The van der Waals surface area contributed by atoms with E-state index in [4.69, 9.17) is 4.74 Å². The number of fused-ring (bicyclic) bond motifs is 1. The lowest BCUT2D eigenvalue weighted by atomic mass is 10.1. The summed E-state index contributed by atoms with van der Waals surface area (Å²) in [5, 5.41) is 11.0. The Morgan fingerprint density at radius 1 is 1.14 bits per heavy atom. The van der Waals surface area contributed by atoms with Crippen LogP contribution >= 0.6 is 0 Å². The molecule has 0 amide bonds. The third-order valence-corrected chi connectivity index (χ3v) is 3.21. The van der Waals surface area contributed by atoms with E-state index in [1.165, 1.54) is 6.07 Å². The van der Waals surface area contributed by atoms with Gasteiger partial charge in [0, 0.05) is 5.39 Å². The van der Waals surface area contributed by atoms with Crippen molar-refractivity contribution in [2.45, 2.75) is 13.5 Å². The molecular formula is C17H14FNO2. The number of hydrogen-bond donors (Lipinski definition) is 1. The van der Waals surface area contributed by atoms with Gasteiger partial charge in [-0.15, -0.1) is 0 Å². The third-order valence-electron chi connectivity index (χ3n) is 3.21. The van der Waals surface area contributed by atoms with Crippen molar-refractivity contribution in [2.24, 2.45) is 0 Å². The molecule has 0 unspecified atom stereocenters. The fourth-order valence-electron chi connectivity index (χ4n) is 2.17. The van der Waals surface area contributed by atoms with Crippen LogP contribution in [0.4, 0.5) is 4.39 Å². The highest BCUT2D eigenvalue weighted by atomic mass is 19.1. The Morgan fingerprint density at radius 3 is 2.76 bits per heavy atom. The number of aliphatic hydroxyl groups is 1. The zero-order chi connectivity index (χ0) is 14.8. The molecule has 3 aromatic rings. The maximum Gasteiger partial charge on any atom is 0.227 e. The molecule has 1 heterocycles. The Morgan fingerprint density at radius 2 is 1.95 bits per heavy atom. The molecule has 0 spiro atoms. The summed E-state index contributed by atoms with van der Waals surface area (Å²) in [5.41, 5.74) is 1.38. The number of aryl methyl sites for hydroxylation is 1. The number of benzene rings is 2. The molecule has 21 heavy (non-hydrogen) atoms. The third kappa shape index (κ3) is 2.71. The highest BCUT2D eigenvalue weighted by Gasteiger charge is 2.11. The Hall–Kier alpha value is -2.46. The number of aromatic nitrogens is 1. The van der Waals surface area contributed by atoms with Crippen LogP contribution in [0.2, 0.25) is 0 Å². The summed E-state index contributed by atoms with van der Waals surface area (Å²) in [6, 6.07) is 14.0. The van der Waals surface area contributed by atoms with Crippen molar-refractivity contribution >= 4 is 10.8 Å². The van der Waals surface area contributed by atoms with E-state index in [1.807, 2.05) is 31.2 Å². The van der Waals surface area contributed by atoms with Crippen LogP contribution in [-0.4, -0.2) is 10.1 Å². The number of pyridine rings is 1. The van der Waals surface area contributed by atoms with E-state index in [9.17, 15) is 9.50 Å². The summed E-state index contributed by atoms with van der Waals surface area (Å²) < 4.78 is 19.5. The molecule has 3 rings (SSSR count). The molecular weight excluding hydrogens is 269 g/mol. The van der Waals surface area contributed by atoms with Gasteiger partial charge in [0.2, 0.25) is 5.88 Å². The van der Waals surface area contributed by atoms with E-state index in [-0.39, 0.29) is 12.4 Å². The first-order valence-electron chi connectivity index (χ1n) is 6.61. The molecule has 4 heteroatoms. The second-order valence-corrected chi connectivity index (χ2v) is 4.83. The molecule has 0 atom stereocenters. The molecule has 0 aliphatic rings. The molecule has 0 saturated heterocycles. The Bertz CT molecular complexity index is 802. The Balaban J connectivity index is 2.13. The monoisotopic (exact) mass is 283 g/mol. The van der Waals surface area contributed by atoms with Gasteiger partial charge in [-0.25, -0.2) is 9.37 Å². The van der Waals surface area contributed by atoms with Crippen LogP contribution in [0.3, 0.4) is 0 Å². The average Bonchev–Trinajstić information content (AvgIpc) is 2.50. The zero-order valence-electron chi connectivity index (χ0n) is 11.5. The highest BCUT2D eigenvalue weighted by Crippen LogP contribution is 2.30. The van der Waals surface area contributed by atoms with Crippen LogP contribution in [-0.2, 0) is 6.61 Å². The molecule has 3 nitrogen and oxygen atoms in total. The van der Waals surface area contributed by atoms with Crippen molar-refractivity contribution in [2.75, 3.05) is 0 Å². The molecule has 0 saturated carbocycles. The summed E-state index contributed by atoms with van der Waals surface area (Å²) in [7, 11) is 0. The minimum atomic E-state index is -0.444. The standard InChI is InChI=1S/C17H14FNO2/c1-11-6-7-15(18)16(8-11)21-17-14-5-3-2-4-12(14)9-13(10-20)19-17/h2-9,20H,10H2,1H3. The van der Waals surface area contributed by atoms with Crippen molar-refractivity contribution in [1.29, 1.82) is 0 Å². The van der Waals surface area contributed by atoms with Gasteiger partial charge in [-0.05, 0) is 42.1 Å². The predicted molar refractivity (Wildman–Crippen MR) is 78.9 cm³/mol. The van der Waals surface area contributed by atoms with Gasteiger partial charge >= 0.3 is 0 Å². The second kappa shape index (κ2) is 5.50. The van der Waals surface area contributed by atoms with Gasteiger partial charge in [-0.2, -0.15) is 0 Å². The molecule has 1 aromatic heterocycles. The predicted octanol–water partition coefficient (Wildman–Crippen LogP) is 3.97. The Kier molecular flexibility index (Phi) is 3.54. The minimum Gasteiger partial charge on any atom is -0.435 e. The minimum absolute atomic E-state index is 0.128. The zero-order valence-corrected chi connectivity index (χ0v) is 11.5. The summed E-state index contributed by atoms with van der Waals surface area (Å²) in [5.74, 6) is -0.0229. The first kappa shape index (κ1) is 13.5. The number of ether oxygens (including phenoxy) is 1. The summed E-state index contributed by atoms with van der Waals surface area (Å²) in [6.07, 6.45) is 0. The molecule has 0 aliphatic carbocycles. The van der Waals surface area contributed by atoms with Crippen LogP contribution in [0.1, 0.15) is 11.3 Å². The SMILES string of the molecule is Cc1ccc(F)c(Oc2nc(CO)cc3ccccc23)c1. The van der Waals surface area contributed by atoms with E-state index in [2.05, 4.69) is 4.98 Å². The summed E-state index contributed by atoms with van der Waals surface area (Å²) in [6.45, 7) is 1.67. The normalized spacial score (nSPS) is 10.8. The van der Waals surface area contributed by atoms with Crippen molar-refractivity contribution < 1.29 is 14.2 Å². The largest absolute Gasteiger partial charge is 0.435 e. The van der Waals surface area contributed by atoms with Gasteiger partial charge in [0.1, 0.15) is 0 Å². The first-order chi connectivity index (χ1) is 10.2. The van der Waals surface area contributed by atoms with Crippen molar-refractivity contribution in [3.8, 4) is 11.6 Å². The number of nitrogens with zero attached hydrogens (tertiary/aromatic N) is 1. The lowest BCUT2D eigenvalue weighted by molar-refractivity contribution is 0.275. The number of halogens is 1. The van der Waals surface area contributed by atoms with Crippen molar-refractivity contribution in [1.82, 2.24) is 4.98 Å². The van der Waals surface area contributed by atoms with Crippen LogP contribution in [0.15, 0.2) is 48.5 Å². The van der Waals surface area contributed by atoms with Crippen LogP contribution < -0.4 is 4.74 Å². The Labute approximate surface area is 121 Å². The smallest absolute Gasteiger partial charge is 0.227 e. The van der Waals surface area contributed by atoms with E-state index >= 15 is 0 Å². The van der Waals surface area contributed by atoms with Gasteiger partial charge in [0.25, 0.3) is 0 Å². The lowest BCUT2D eigenvalue weighted by Crippen LogP contribution is -1.97. The molecule has 0 radical (unpaired) electrons. The van der Waals surface area contributed by atoms with E-state index < -0.39 is 5.82 Å². The molecule has 0 bridgehead atoms. The van der Waals surface area contributed by atoms with Crippen molar-refractivity contribution in [3.63, 3.8) is 0 Å². The average molecular weight is 283 g/mol. The van der Waals surface area contributed by atoms with Gasteiger partial charge < -0.3 is 9.84 Å². The number of rotatable bonds is 3. The number of aliphatic hydroxyl groups excluding tert-OH is 1. The maximum absolute atomic E-state index is 13.8. The molecule has 1 N–H and O–H groups in total. The van der Waals surface area contributed by atoms with Crippen LogP contribution in [0, 0.1) is 12.7 Å². The molecule has 106 valence electrons. The van der Waals surface area contributed by atoms with Gasteiger partial charge in [0.15, 0.2) is 11.6 Å². The first-order valence-corrected chi connectivity index (χ1v) is 6.61. The fourth-order valence-corrected chi connectivity index (χ4v) is 2.17. The molecule has 0 fully saturated rings. The highest BCUT2D eigenvalue weighted by molar-refractivity contribution is 5.87. The van der Waals surface area contributed by atoms with Crippen LogP contribution in [0.25, 0.3) is 10.8 Å². The van der Waals surface area contributed by atoms with E-state index in [0.29, 0.717) is 11.6 Å². The van der Waals surface area contributed by atoms with Gasteiger partial charge in [-0.3, -0.25) is 0 Å². The molecule has 0 aliphatic heterocycles. The fraction of sp³-hybridized carbons (Fsp3) is 0.118. The van der Waals surface area contributed by atoms with Gasteiger partial charge in [-0.1, -0.05) is 24.3 Å². The lowest BCUT2D eigenvalue weighted by Gasteiger charge is -2.11. The summed E-state index contributed by atoms with van der Waals surface area (Å²) in [4.78, 5) is 4.25. The number of hydrogen-bond acceptors (Lipinski definition) is 3. The van der Waals surface area contributed by atoms with E-state index in [0.717, 1.165) is 16.3 Å². The van der Waals surface area contributed by atoms with Crippen LogP contribution in [0.5, 0.6) is 11.6 Å². The molecule has 2 aromatic carbocycles. The topological polar surface area (TPSA) is 42.4 Å². The quantitative estimate of drug-likeness (QED) is 0.791. The summed E-state index contributed by atoms with van der Waals surface area (Å²) >= 11 is 0. The van der Waals surface area contributed by atoms with E-state index in [1.54, 1.807) is 18.2 Å². The van der Waals surface area contributed by atoms with Crippen molar-refractivity contribution in [3.05, 3.63) is 65.6 Å². The second-order valence-electron chi connectivity index (χ2n) is 4.83.